The molecule has 0 aliphatic carbocycles. The predicted octanol–water partition coefficient (Wildman–Crippen LogP) is 3.82. The van der Waals surface area contributed by atoms with Crippen molar-refractivity contribution in [3.05, 3.63) is 94.8 Å². The number of benzene rings is 2. The number of rotatable bonds is 8. The molecular formula is C22H21ClN2O3. The number of hydrogen-bond donors (Lipinski definition) is 2. The van der Waals surface area contributed by atoms with Gasteiger partial charge in [-0.05, 0) is 48.0 Å². The Morgan fingerprint density at radius 2 is 1.86 bits per heavy atom. The summed E-state index contributed by atoms with van der Waals surface area (Å²) in [6, 6.07) is 18.0. The number of carbonyl (C=O) groups excluding carboxylic acids is 1. The van der Waals surface area contributed by atoms with Gasteiger partial charge in [-0.15, -0.1) is 0 Å². The summed E-state index contributed by atoms with van der Waals surface area (Å²) in [6.45, 7) is 0.678. The second kappa shape index (κ2) is 9.88. The summed E-state index contributed by atoms with van der Waals surface area (Å²) in [5.74, 6) is 0.282. The normalized spacial score (nSPS) is 11.6. The third-order valence-corrected chi connectivity index (χ3v) is 4.57. The van der Waals surface area contributed by atoms with Gasteiger partial charge in [0.1, 0.15) is 12.4 Å². The standard InChI is InChI=1S/C22H21ClN2O3/c23-20-7-3-17(4-8-20)19(14-26)13-25-22(27)18-5-9-21(10-6-18)28-15-16-2-1-11-24-12-16/h1-12,19,26H,13-15H2,(H,25,27). The van der Waals surface area contributed by atoms with Crippen molar-refractivity contribution in [2.75, 3.05) is 13.2 Å². The quantitative estimate of drug-likeness (QED) is 0.607. The first-order valence-electron chi connectivity index (χ1n) is 8.92. The van der Waals surface area contributed by atoms with Gasteiger partial charge >= 0.3 is 0 Å². The van der Waals surface area contributed by atoms with Crippen molar-refractivity contribution < 1.29 is 14.6 Å². The third-order valence-electron chi connectivity index (χ3n) is 4.32. The maximum absolute atomic E-state index is 12.4. The smallest absolute Gasteiger partial charge is 0.251 e. The van der Waals surface area contributed by atoms with E-state index >= 15 is 0 Å². The molecule has 6 heteroatoms. The third kappa shape index (κ3) is 5.55. The number of pyridine rings is 1. The van der Waals surface area contributed by atoms with Gasteiger partial charge in [-0.1, -0.05) is 29.8 Å². The van der Waals surface area contributed by atoms with Crippen LogP contribution < -0.4 is 10.1 Å². The van der Waals surface area contributed by atoms with E-state index in [9.17, 15) is 9.90 Å². The minimum atomic E-state index is -0.203. The van der Waals surface area contributed by atoms with E-state index in [0.717, 1.165) is 11.1 Å². The van der Waals surface area contributed by atoms with Crippen molar-refractivity contribution in [3.63, 3.8) is 0 Å². The highest BCUT2D eigenvalue weighted by molar-refractivity contribution is 6.30. The van der Waals surface area contributed by atoms with Crippen molar-refractivity contribution in [3.8, 4) is 5.75 Å². The number of nitrogens with one attached hydrogen (secondary N) is 1. The molecule has 0 bridgehead atoms. The Kier molecular flexibility index (Phi) is 7.00. The largest absolute Gasteiger partial charge is 0.489 e. The molecule has 1 atom stereocenters. The Balaban J connectivity index is 1.53. The van der Waals surface area contributed by atoms with Crippen LogP contribution >= 0.6 is 11.6 Å². The maximum Gasteiger partial charge on any atom is 0.251 e. The number of aliphatic hydroxyl groups excluding tert-OH is 1. The Bertz CT molecular complexity index is 884. The summed E-state index contributed by atoms with van der Waals surface area (Å²) < 4.78 is 5.69. The van der Waals surface area contributed by atoms with E-state index in [-0.39, 0.29) is 18.4 Å². The summed E-state index contributed by atoms with van der Waals surface area (Å²) >= 11 is 5.89. The van der Waals surface area contributed by atoms with Crippen LogP contribution in [-0.4, -0.2) is 29.1 Å². The Morgan fingerprint density at radius 3 is 2.50 bits per heavy atom. The fourth-order valence-corrected chi connectivity index (χ4v) is 2.82. The zero-order valence-corrected chi connectivity index (χ0v) is 16.0. The highest BCUT2D eigenvalue weighted by atomic mass is 35.5. The zero-order valence-electron chi connectivity index (χ0n) is 15.2. The summed E-state index contributed by atoms with van der Waals surface area (Å²) in [5, 5.41) is 13.1. The lowest BCUT2D eigenvalue weighted by atomic mass is 10.00. The topological polar surface area (TPSA) is 71.5 Å². The van der Waals surface area contributed by atoms with Gasteiger partial charge in [0.15, 0.2) is 0 Å². The Morgan fingerprint density at radius 1 is 1.11 bits per heavy atom. The molecular weight excluding hydrogens is 376 g/mol. The first-order chi connectivity index (χ1) is 13.7. The zero-order chi connectivity index (χ0) is 19.8. The van der Waals surface area contributed by atoms with E-state index < -0.39 is 0 Å². The molecule has 0 spiro atoms. The molecule has 0 radical (unpaired) electrons. The maximum atomic E-state index is 12.4. The minimum absolute atomic E-state index is 0.0664. The molecule has 1 aromatic heterocycles. The van der Waals surface area contributed by atoms with E-state index in [1.54, 1.807) is 48.8 Å². The first kappa shape index (κ1) is 19.9. The molecule has 5 nitrogen and oxygen atoms in total. The van der Waals surface area contributed by atoms with Crippen LogP contribution in [0.1, 0.15) is 27.4 Å². The SMILES string of the molecule is O=C(NCC(CO)c1ccc(Cl)cc1)c1ccc(OCc2cccnc2)cc1. The molecule has 144 valence electrons. The lowest BCUT2D eigenvalue weighted by molar-refractivity contribution is 0.0947. The number of aromatic nitrogens is 1. The first-order valence-corrected chi connectivity index (χ1v) is 9.30. The molecule has 3 aromatic rings. The van der Waals surface area contributed by atoms with Crippen LogP contribution in [-0.2, 0) is 6.61 Å². The van der Waals surface area contributed by atoms with Gasteiger partial charge < -0.3 is 15.2 Å². The fraction of sp³-hybridized carbons (Fsp3) is 0.182. The van der Waals surface area contributed by atoms with Gasteiger partial charge in [0.25, 0.3) is 5.91 Å². The van der Waals surface area contributed by atoms with Crippen molar-refractivity contribution >= 4 is 17.5 Å². The molecule has 1 heterocycles. The molecule has 2 aromatic carbocycles. The second-order valence-corrected chi connectivity index (χ2v) is 6.75. The van der Waals surface area contributed by atoms with E-state index in [2.05, 4.69) is 10.3 Å². The number of nitrogens with zero attached hydrogens (tertiary/aromatic N) is 1. The molecule has 1 amide bonds. The highest BCUT2D eigenvalue weighted by Gasteiger charge is 2.13. The van der Waals surface area contributed by atoms with Gasteiger partial charge in [0.2, 0.25) is 0 Å². The number of ether oxygens (including phenoxy) is 1. The molecule has 0 aliphatic rings. The fourth-order valence-electron chi connectivity index (χ4n) is 2.69. The summed E-state index contributed by atoms with van der Waals surface area (Å²) in [6.07, 6.45) is 3.46. The molecule has 0 fully saturated rings. The molecule has 0 aliphatic heterocycles. The average Bonchev–Trinajstić information content (AvgIpc) is 2.75. The van der Waals surface area contributed by atoms with Crippen molar-refractivity contribution in [1.29, 1.82) is 0 Å². The van der Waals surface area contributed by atoms with E-state index in [1.165, 1.54) is 0 Å². The van der Waals surface area contributed by atoms with Crippen LogP contribution in [0.3, 0.4) is 0 Å². The van der Waals surface area contributed by atoms with Crippen LogP contribution in [0.15, 0.2) is 73.1 Å². The van der Waals surface area contributed by atoms with Crippen molar-refractivity contribution in [1.82, 2.24) is 10.3 Å². The summed E-state index contributed by atoms with van der Waals surface area (Å²) in [7, 11) is 0. The Hall–Kier alpha value is -2.89. The van der Waals surface area contributed by atoms with Gasteiger partial charge in [-0.2, -0.15) is 0 Å². The van der Waals surface area contributed by atoms with Crippen LogP contribution in [0.2, 0.25) is 5.02 Å². The van der Waals surface area contributed by atoms with Gasteiger partial charge in [-0.25, -0.2) is 0 Å². The van der Waals surface area contributed by atoms with Crippen molar-refractivity contribution in [2.45, 2.75) is 12.5 Å². The lowest BCUT2D eigenvalue weighted by Gasteiger charge is -2.16. The van der Waals surface area contributed by atoms with Crippen LogP contribution in [0.5, 0.6) is 5.75 Å². The lowest BCUT2D eigenvalue weighted by Crippen LogP contribution is -2.29. The van der Waals surface area contributed by atoms with Crippen LogP contribution in [0, 0.1) is 0 Å². The average molecular weight is 397 g/mol. The number of aliphatic hydroxyl groups is 1. The molecule has 3 rings (SSSR count). The Labute approximate surface area is 169 Å². The number of hydrogen-bond acceptors (Lipinski definition) is 4. The molecule has 2 N–H and O–H groups in total. The number of carbonyl (C=O) groups is 1. The van der Waals surface area contributed by atoms with Crippen LogP contribution in [0.25, 0.3) is 0 Å². The molecule has 28 heavy (non-hydrogen) atoms. The number of amides is 1. The van der Waals surface area contributed by atoms with Crippen molar-refractivity contribution in [2.24, 2.45) is 0 Å². The van der Waals surface area contributed by atoms with E-state index in [0.29, 0.717) is 29.5 Å². The summed E-state index contributed by atoms with van der Waals surface area (Å²) in [5.41, 5.74) is 2.43. The van der Waals surface area contributed by atoms with E-state index in [4.69, 9.17) is 16.3 Å². The van der Waals surface area contributed by atoms with E-state index in [1.807, 2.05) is 24.3 Å². The molecule has 1 unspecified atom stereocenters. The monoisotopic (exact) mass is 396 g/mol. The molecule has 0 saturated carbocycles. The van der Waals surface area contributed by atoms with Crippen LogP contribution in [0.4, 0.5) is 0 Å². The van der Waals surface area contributed by atoms with Gasteiger partial charge in [0, 0.05) is 41.0 Å². The number of halogens is 1. The van der Waals surface area contributed by atoms with Gasteiger partial charge in [0.05, 0.1) is 6.61 Å². The predicted molar refractivity (Wildman–Crippen MR) is 109 cm³/mol. The van der Waals surface area contributed by atoms with Gasteiger partial charge in [-0.3, -0.25) is 9.78 Å². The molecule has 0 saturated heterocycles. The second-order valence-electron chi connectivity index (χ2n) is 6.32. The summed E-state index contributed by atoms with van der Waals surface area (Å²) in [4.78, 5) is 16.4. The minimum Gasteiger partial charge on any atom is -0.489 e. The highest BCUT2D eigenvalue weighted by Crippen LogP contribution is 2.18.